The van der Waals surface area contributed by atoms with E-state index in [0.717, 1.165) is 44.5 Å². The fourth-order valence-corrected chi connectivity index (χ4v) is 3.83. The van der Waals surface area contributed by atoms with Crippen LogP contribution in [0, 0.1) is 11.8 Å². The van der Waals surface area contributed by atoms with Crippen molar-refractivity contribution in [3.63, 3.8) is 0 Å². The minimum atomic E-state index is 0. The summed E-state index contributed by atoms with van der Waals surface area (Å²) in [4.78, 5) is 14.5. The Morgan fingerprint density at radius 2 is 1.90 bits per heavy atom. The fraction of sp³-hybridized carbons (Fsp3) is 0.933. The molecule has 0 bridgehead atoms. The highest BCUT2D eigenvalue weighted by atomic mass is 35.5. The number of piperidine rings is 1. The van der Waals surface area contributed by atoms with Crippen molar-refractivity contribution in [2.75, 3.05) is 32.8 Å². The van der Waals surface area contributed by atoms with Gasteiger partial charge in [-0.2, -0.15) is 0 Å². The van der Waals surface area contributed by atoms with Gasteiger partial charge in [0, 0.05) is 25.7 Å². The van der Waals surface area contributed by atoms with E-state index in [-0.39, 0.29) is 18.3 Å². The zero-order valence-corrected chi connectivity index (χ0v) is 13.0. The van der Waals surface area contributed by atoms with E-state index in [4.69, 9.17) is 4.74 Å². The summed E-state index contributed by atoms with van der Waals surface area (Å²) in [5, 5.41) is 3.61. The molecule has 0 aromatic rings. The Bertz CT molecular complexity index is 307. The number of likely N-dealkylation sites (tertiary alicyclic amines) is 1. The van der Waals surface area contributed by atoms with Gasteiger partial charge in [0.15, 0.2) is 0 Å². The van der Waals surface area contributed by atoms with Gasteiger partial charge in [-0.3, -0.25) is 4.79 Å². The third-order valence-electron chi connectivity index (χ3n) is 5.03. The molecule has 5 heteroatoms. The smallest absolute Gasteiger partial charge is 0.228 e. The van der Waals surface area contributed by atoms with Crippen molar-refractivity contribution >= 4 is 18.3 Å². The monoisotopic (exact) mass is 302 g/mol. The largest absolute Gasteiger partial charge is 0.381 e. The van der Waals surface area contributed by atoms with Gasteiger partial charge in [0.25, 0.3) is 0 Å². The summed E-state index contributed by atoms with van der Waals surface area (Å²) in [6.07, 6.45) is 7.06. The first kappa shape index (κ1) is 16.1. The van der Waals surface area contributed by atoms with Crippen molar-refractivity contribution in [2.24, 2.45) is 11.8 Å². The van der Waals surface area contributed by atoms with Crippen LogP contribution in [0.25, 0.3) is 0 Å². The number of carbonyl (C=O) groups is 1. The van der Waals surface area contributed by atoms with Crippen LogP contribution in [0.15, 0.2) is 0 Å². The number of nitrogens with one attached hydrogen (secondary N) is 1. The Balaban J connectivity index is 0.00000147. The predicted octanol–water partition coefficient (Wildman–Crippen LogP) is 1.83. The Kier molecular flexibility index (Phi) is 6.12. The van der Waals surface area contributed by atoms with Crippen molar-refractivity contribution < 1.29 is 9.53 Å². The Morgan fingerprint density at radius 1 is 1.10 bits per heavy atom. The van der Waals surface area contributed by atoms with Gasteiger partial charge in [0.05, 0.1) is 12.5 Å². The van der Waals surface area contributed by atoms with Crippen LogP contribution in [-0.2, 0) is 9.53 Å². The zero-order chi connectivity index (χ0) is 13.1. The van der Waals surface area contributed by atoms with E-state index in [1.165, 1.54) is 32.2 Å². The standard InChI is InChI=1S/C15H26N2O2.ClH/c18-15(13-3-2-10-19-11-13)17-8-5-12(6-9-17)14-4-1-7-16-14;/h12-14,16H,1-11H2;1H. The molecule has 0 aliphatic carbocycles. The van der Waals surface area contributed by atoms with Crippen LogP contribution in [0.4, 0.5) is 0 Å². The molecule has 20 heavy (non-hydrogen) atoms. The lowest BCUT2D eigenvalue weighted by Gasteiger charge is -2.37. The maximum atomic E-state index is 12.4. The molecule has 3 aliphatic heterocycles. The summed E-state index contributed by atoms with van der Waals surface area (Å²) in [5.41, 5.74) is 0. The second-order valence-corrected chi connectivity index (χ2v) is 6.28. The number of rotatable bonds is 2. The van der Waals surface area contributed by atoms with Crippen molar-refractivity contribution in [3.8, 4) is 0 Å². The highest BCUT2D eigenvalue weighted by Gasteiger charge is 2.32. The molecule has 3 saturated heterocycles. The molecule has 2 atom stereocenters. The number of nitrogens with zero attached hydrogens (tertiary/aromatic N) is 1. The lowest BCUT2D eigenvalue weighted by molar-refractivity contribution is -0.141. The maximum Gasteiger partial charge on any atom is 0.228 e. The van der Waals surface area contributed by atoms with Crippen LogP contribution < -0.4 is 5.32 Å². The number of ether oxygens (including phenoxy) is 1. The summed E-state index contributed by atoms with van der Waals surface area (Å²) in [7, 11) is 0. The van der Waals surface area contributed by atoms with Gasteiger partial charge in [-0.15, -0.1) is 12.4 Å². The third kappa shape index (κ3) is 3.66. The Morgan fingerprint density at radius 3 is 2.50 bits per heavy atom. The first-order chi connectivity index (χ1) is 9.34. The third-order valence-corrected chi connectivity index (χ3v) is 5.03. The predicted molar refractivity (Wildman–Crippen MR) is 81.1 cm³/mol. The molecule has 0 aromatic heterocycles. The summed E-state index contributed by atoms with van der Waals surface area (Å²) in [6.45, 7) is 4.57. The summed E-state index contributed by atoms with van der Waals surface area (Å²) >= 11 is 0. The van der Waals surface area contributed by atoms with Gasteiger partial charge in [0.1, 0.15) is 0 Å². The first-order valence-corrected chi connectivity index (χ1v) is 7.94. The van der Waals surface area contributed by atoms with E-state index in [0.29, 0.717) is 12.5 Å². The SMILES string of the molecule is Cl.O=C(C1CCCOC1)N1CCC(C2CCCN2)CC1. The van der Waals surface area contributed by atoms with Crippen LogP contribution in [0.3, 0.4) is 0 Å². The quantitative estimate of drug-likeness (QED) is 0.846. The summed E-state index contributed by atoms with van der Waals surface area (Å²) in [5.74, 6) is 1.27. The second kappa shape index (κ2) is 7.62. The van der Waals surface area contributed by atoms with Gasteiger partial charge in [-0.05, 0) is 51.0 Å². The van der Waals surface area contributed by atoms with Crippen molar-refractivity contribution in [1.82, 2.24) is 10.2 Å². The van der Waals surface area contributed by atoms with Crippen LogP contribution >= 0.6 is 12.4 Å². The fourth-order valence-electron chi connectivity index (χ4n) is 3.83. The number of halogens is 1. The van der Waals surface area contributed by atoms with Gasteiger partial charge in [-0.25, -0.2) is 0 Å². The maximum absolute atomic E-state index is 12.4. The van der Waals surface area contributed by atoms with Crippen LogP contribution in [0.1, 0.15) is 38.5 Å². The lowest BCUT2D eigenvalue weighted by atomic mass is 9.88. The molecule has 1 amide bonds. The average molecular weight is 303 g/mol. The molecular formula is C15H27ClN2O2. The van der Waals surface area contributed by atoms with Gasteiger partial charge < -0.3 is 15.0 Å². The first-order valence-electron chi connectivity index (χ1n) is 7.94. The molecule has 0 radical (unpaired) electrons. The van der Waals surface area contributed by atoms with Crippen molar-refractivity contribution in [3.05, 3.63) is 0 Å². The molecule has 0 aromatic carbocycles. The average Bonchev–Trinajstić information content (AvgIpc) is 3.02. The van der Waals surface area contributed by atoms with Crippen LogP contribution in [0.5, 0.6) is 0 Å². The molecule has 2 unspecified atom stereocenters. The molecule has 116 valence electrons. The van der Waals surface area contributed by atoms with E-state index in [1.54, 1.807) is 0 Å². The van der Waals surface area contributed by atoms with Crippen LogP contribution in [0.2, 0.25) is 0 Å². The highest BCUT2D eigenvalue weighted by Crippen LogP contribution is 2.27. The van der Waals surface area contributed by atoms with Gasteiger partial charge in [-0.1, -0.05) is 0 Å². The number of amides is 1. The molecular weight excluding hydrogens is 276 g/mol. The lowest BCUT2D eigenvalue weighted by Crippen LogP contribution is -2.46. The zero-order valence-electron chi connectivity index (χ0n) is 12.2. The summed E-state index contributed by atoms with van der Waals surface area (Å²) in [6, 6.07) is 0.718. The number of carbonyl (C=O) groups excluding carboxylic acids is 1. The normalized spacial score (nSPS) is 31.9. The summed E-state index contributed by atoms with van der Waals surface area (Å²) < 4.78 is 5.44. The molecule has 3 heterocycles. The number of hydrogen-bond acceptors (Lipinski definition) is 3. The van der Waals surface area contributed by atoms with E-state index in [2.05, 4.69) is 10.2 Å². The second-order valence-electron chi connectivity index (χ2n) is 6.28. The Labute approximate surface area is 128 Å². The van der Waals surface area contributed by atoms with E-state index >= 15 is 0 Å². The minimum Gasteiger partial charge on any atom is -0.381 e. The van der Waals surface area contributed by atoms with E-state index in [1.807, 2.05) is 0 Å². The van der Waals surface area contributed by atoms with Crippen LogP contribution in [-0.4, -0.2) is 49.7 Å². The van der Waals surface area contributed by atoms with Gasteiger partial charge in [0.2, 0.25) is 5.91 Å². The molecule has 4 nitrogen and oxygen atoms in total. The molecule has 0 saturated carbocycles. The topological polar surface area (TPSA) is 41.6 Å². The molecule has 3 fully saturated rings. The molecule has 3 rings (SSSR count). The number of hydrogen-bond donors (Lipinski definition) is 1. The molecule has 3 aliphatic rings. The minimum absolute atomic E-state index is 0. The highest BCUT2D eigenvalue weighted by molar-refractivity contribution is 5.85. The van der Waals surface area contributed by atoms with Crippen molar-refractivity contribution in [2.45, 2.75) is 44.6 Å². The van der Waals surface area contributed by atoms with E-state index in [9.17, 15) is 4.79 Å². The molecule has 1 N–H and O–H groups in total. The van der Waals surface area contributed by atoms with Crippen molar-refractivity contribution in [1.29, 1.82) is 0 Å². The Hall–Kier alpha value is -0.320. The van der Waals surface area contributed by atoms with E-state index < -0.39 is 0 Å². The molecule has 0 spiro atoms. The van der Waals surface area contributed by atoms with Gasteiger partial charge >= 0.3 is 0 Å².